The number of nitrogen functional groups attached to an aromatic ring is 1. The molecule has 0 bridgehead atoms. The fourth-order valence-corrected chi connectivity index (χ4v) is 5.55. The van der Waals surface area contributed by atoms with Crippen LogP contribution in [0.5, 0.6) is 5.75 Å². The third-order valence-corrected chi connectivity index (χ3v) is 7.58. The Balaban J connectivity index is 2.31. The van der Waals surface area contributed by atoms with Gasteiger partial charge in [0.1, 0.15) is 5.75 Å². The van der Waals surface area contributed by atoms with Crippen LogP contribution in [0.25, 0.3) is 0 Å². The number of methoxy groups -OCH3 is 1. The second-order valence-electron chi connectivity index (χ2n) is 6.56. The highest BCUT2D eigenvalue weighted by molar-refractivity contribution is 9.10. The number of sulfone groups is 1. The largest absolute Gasteiger partial charge is 0.497 e. The smallest absolute Gasteiger partial charge is 0.337 e. The van der Waals surface area contributed by atoms with Crippen molar-refractivity contribution in [2.45, 2.75) is 23.1 Å². The van der Waals surface area contributed by atoms with Crippen LogP contribution in [0.2, 0.25) is 0 Å². The predicted octanol–water partition coefficient (Wildman–Crippen LogP) is 3.87. The number of nitrogens with zero attached hydrogens (tertiary/aromatic N) is 1. The number of carbonyl (C=O) groups is 1. The van der Waals surface area contributed by atoms with Crippen LogP contribution >= 0.6 is 15.9 Å². The molecule has 3 aromatic rings. The first-order valence-corrected chi connectivity index (χ1v) is 11.1. The summed E-state index contributed by atoms with van der Waals surface area (Å²) in [6, 6.07) is 9.24. The molecular weight excluding hydrogens is 472 g/mol. The van der Waals surface area contributed by atoms with Gasteiger partial charge in [0, 0.05) is 23.3 Å². The van der Waals surface area contributed by atoms with Crippen LogP contribution in [0, 0.1) is 6.92 Å². The molecule has 9 heteroatoms. The van der Waals surface area contributed by atoms with E-state index in [0.29, 0.717) is 10.2 Å². The Morgan fingerprint density at radius 2 is 1.90 bits per heavy atom. The number of ether oxygens (including phenoxy) is 1. The van der Waals surface area contributed by atoms with Gasteiger partial charge in [-0.05, 0) is 69.9 Å². The lowest BCUT2D eigenvalue weighted by Crippen LogP contribution is -2.17. The van der Waals surface area contributed by atoms with Gasteiger partial charge < -0.3 is 15.6 Å². The highest BCUT2D eigenvalue weighted by Crippen LogP contribution is 2.40. The molecule has 0 radical (unpaired) electrons. The Hall–Kier alpha value is -2.91. The summed E-state index contributed by atoms with van der Waals surface area (Å²) in [4.78, 5) is 15.9. The molecule has 0 saturated carbocycles. The standard InChI is InChI=1S/C21H19BrN2O5S/c1-12-19(23)18(22)16(10-13-4-3-9-24-11-13)17(21(25)26)20(12)30(27,28)15-7-5-14(29-2)6-8-15/h3-9,11H,10,23H2,1-2H3,(H,25,26). The fourth-order valence-electron chi connectivity index (χ4n) is 3.19. The predicted molar refractivity (Wildman–Crippen MR) is 116 cm³/mol. The molecule has 0 aliphatic carbocycles. The van der Waals surface area contributed by atoms with Crippen LogP contribution in [0.3, 0.4) is 0 Å². The first-order chi connectivity index (χ1) is 14.2. The lowest BCUT2D eigenvalue weighted by molar-refractivity contribution is 0.0691. The second-order valence-corrected chi connectivity index (χ2v) is 9.24. The zero-order valence-corrected chi connectivity index (χ0v) is 18.6. The van der Waals surface area contributed by atoms with Crippen LogP contribution in [-0.2, 0) is 16.3 Å². The van der Waals surface area contributed by atoms with E-state index in [2.05, 4.69) is 20.9 Å². The summed E-state index contributed by atoms with van der Waals surface area (Å²) in [5.74, 6) is -0.874. The van der Waals surface area contributed by atoms with E-state index < -0.39 is 15.8 Å². The van der Waals surface area contributed by atoms with Gasteiger partial charge in [0.15, 0.2) is 0 Å². The topological polar surface area (TPSA) is 120 Å². The van der Waals surface area contributed by atoms with Crippen LogP contribution in [0.4, 0.5) is 5.69 Å². The Morgan fingerprint density at radius 3 is 2.43 bits per heavy atom. The number of hydrogen-bond acceptors (Lipinski definition) is 6. The number of aromatic nitrogens is 1. The van der Waals surface area contributed by atoms with Crippen molar-refractivity contribution in [2.75, 3.05) is 12.8 Å². The van der Waals surface area contributed by atoms with Gasteiger partial charge in [-0.1, -0.05) is 6.07 Å². The molecule has 0 atom stereocenters. The molecule has 0 saturated heterocycles. The van der Waals surface area contributed by atoms with Gasteiger partial charge in [-0.15, -0.1) is 0 Å². The Morgan fingerprint density at radius 1 is 1.23 bits per heavy atom. The lowest BCUT2D eigenvalue weighted by atomic mass is 9.97. The van der Waals surface area contributed by atoms with Crippen LogP contribution in [0.1, 0.15) is 27.0 Å². The van der Waals surface area contributed by atoms with Gasteiger partial charge in [-0.25, -0.2) is 13.2 Å². The van der Waals surface area contributed by atoms with Crippen molar-refractivity contribution in [2.24, 2.45) is 0 Å². The SMILES string of the molecule is COc1ccc(S(=O)(=O)c2c(C)c(N)c(Br)c(Cc3cccnc3)c2C(=O)O)cc1. The minimum absolute atomic E-state index is 0.0528. The highest BCUT2D eigenvalue weighted by atomic mass is 79.9. The summed E-state index contributed by atoms with van der Waals surface area (Å²) in [7, 11) is -2.71. The van der Waals surface area contributed by atoms with E-state index in [1.165, 1.54) is 38.3 Å². The molecule has 156 valence electrons. The molecule has 1 aromatic heterocycles. The highest BCUT2D eigenvalue weighted by Gasteiger charge is 2.32. The van der Waals surface area contributed by atoms with E-state index in [4.69, 9.17) is 10.5 Å². The van der Waals surface area contributed by atoms with Gasteiger partial charge in [0.2, 0.25) is 9.84 Å². The number of benzene rings is 2. The maximum Gasteiger partial charge on any atom is 0.337 e. The van der Waals surface area contributed by atoms with E-state index in [-0.39, 0.29) is 38.6 Å². The quantitative estimate of drug-likeness (QED) is 0.503. The molecule has 0 spiro atoms. The van der Waals surface area contributed by atoms with Gasteiger partial charge in [-0.3, -0.25) is 4.98 Å². The molecule has 7 nitrogen and oxygen atoms in total. The molecule has 0 aliphatic heterocycles. The van der Waals surface area contributed by atoms with Gasteiger partial charge in [-0.2, -0.15) is 0 Å². The van der Waals surface area contributed by atoms with E-state index in [1.807, 2.05) is 0 Å². The number of carboxylic acids is 1. The average molecular weight is 491 g/mol. The number of aromatic carboxylic acids is 1. The Kier molecular flexibility index (Phi) is 6.14. The number of nitrogens with two attached hydrogens (primary N) is 1. The summed E-state index contributed by atoms with van der Waals surface area (Å²) in [6.45, 7) is 1.50. The number of anilines is 1. The molecule has 3 N–H and O–H groups in total. The minimum atomic E-state index is -4.18. The van der Waals surface area contributed by atoms with Gasteiger partial charge >= 0.3 is 5.97 Å². The number of pyridine rings is 1. The average Bonchev–Trinajstić information content (AvgIpc) is 2.74. The number of carboxylic acid groups (broad SMARTS) is 1. The maximum atomic E-state index is 13.5. The molecular formula is C21H19BrN2O5S. The molecule has 0 fully saturated rings. The Bertz CT molecular complexity index is 1210. The van der Waals surface area contributed by atoms with E-state index in [9.17, 15) is 18.3 Å². The van der Waals surface area contributed by atoms with E-state index >= 15 is 0 Å². The third kappa shape index (κ3) is 3.90. The summed E-state index contributed by atoms with van der Waals surface area (Å²) in [6.07, 6.45) is 3.33. The maximum absolute atomic E-state index is 13.5. The molecule has 0 unspecified atom stereocenters. The summed E-state index contributed by atoms with van der Waals surface area (Å²) in [5.41, 5.74) is 7.21. The number of hydrogen-bond donors (Lipinski definition) is 2. The van der Waals surface area contributed by atoms with Crippen molar-refractivity contribution in [3.05, 3.63) is 75.5 Å². The number of rotatable bonds is 6. The third-order valence-electron chi connectivity index (χ3n) is 4.73. The molecule has 3 rings (SSSR count). The fraction of sp³-hybridized carbons (Fsp3) is 0.143. The van der Waals surface area contributed by atoms with Gasteiger partial charge in [0.25, 0.3) is 0 Å². The van der Waals surface area contributed by atoms with Crippen molar-refractivity contribution in [3.8, 4) is 5.75 Å². The van der Waals surface area contributed by atoms with Crippen LogP contribution in [-0.4, -0.2) is 31.6 Å². The summed E-state index contributed by atoms with van der Waals surface area (Å²) in [5, 5.41) is 9.99. The normalized spacial score (nSPS) is 11.3. The molecule has 1 heterocycles. The van der Waals surface area contributed by atoms with Crippen molar-refractivity contribution in [1.29, 1.82) is 0 Å². The Labute approximate surface area is 182 Å². The van der Waals surface area contributed by atoms with Crippen molar-refractivity contribution >= 4 is 37.4 Å². The van der Waals surface area contributed by atoms with Gasteiger partial charge in [0.05, 0.1) is 28.2 Å². The first kappa shape index (κ1) is 21.8. The molecule has 0 aliphatic rings. The lowest BCUT2D eigenvalue weighted by Gasteiger charge is -2.19. The van der Waals surface area contributed by atoms with Crippen molar-refractivity contribution in [1.82, 2.24) is 4.98 Å². The second kappa shape index (κ2) is 8.45. The monoisotopic (exact) mass is 490 g/mol. The molecule has 30 heavy (non-hydrogen) atoms. The van der Waals surface area contributed by atoms with Crippen LogP contribution in [0.15, 0.2) is 63.1 Å². The zero-order valence-electron chi connectivity index (χ0n) is 16.2. The zero-order chi connectivity index (χ0) is 22.1. The first-order valence-electron chi connectivity index (χ1n) is 8.80. The summed E-state index contributed by atoms with van der Waals surface area (Å²) < 4.78 is 32.3. The van der Waals surface area contributed by atoms with Crippen molar-refractivity contribution in [3.63, 3.8) is 0 Å². The minimum Gasteiger partial charge on any atom is -0.497 e. The number of halogens is 1. The van der Waals surface area contributed by atoms with Crippen molar-refractivity contribution < 1.29 is 23.1 Å². The molecule has 2 aromatic carbocycles. The van der Waals surface area contributed by atoms with Crippen LogP contribution < -0.4 is 10.5 Å². The van der Waals surface area contributed by atoms with E-state index in [1.54, 1.807) is 24.5 Å². The molecule has 0 amide bonds. The van der Waals surface area contributed by atoms with E-state index in [0.717, 1.165) is 5.56 Å². The summed E-state index contributed by atoms with van der Waals surface area (Å²) >= 11 is 3.36.